The molecule has 2 aromatic rings. The van der Waals surface area contributed by atoms with E-state index in [4.69, 9.17) is 22.1 Å². The highest BCUT2D eigenvalue weighted by molar-refractivity contribution is 6.31. The molecule has 7 heteroatoms. The highest BCUT2D eigenvalue weighted by atomic mass is 35.5. The molecule has 1 atom stereocenters. The number of benzene rings is 1. The maximum Gasteiger partial charge on any atom is 0.222 e. The van der Waals surface area contributed by atoms with E-state index >= 15 is 0 Å². The minimum atomic E-state index is -0.260. The lowest BCUT2D eigenvalue weighted by Gasteiger charge is -2.32. The molecule has 5 nitrogen and oxygen atoms in total. The summed E-state index contributed by atoms with van der Waals surface area (Å²) in [6.07, 6.45) is 2.40. The molecule has 1 aromatic carbocycles. The Bertz CT molecular complexity index is 766. The van der Waals surface area contributed by atoms with Crippen molar-refractivity contribution in [2.24, 2.45) is 0 Å². The Kier molecular flexibility index (Phi) is 5.94. The monoisotopic (exact) mass is 378 g/mol. The van der Waals surface area contributed by atoms with Crippen LogP contribution in [0.15, 0.2) is 18.2 Å². The third-order valence-electron chi connectivity index (χ3n) is 4.54. The number of aromatic nitrogens is 2. The van der Waals surface area contributed by atoms with Crippen LogP contribution in [-0.4, -0.2) is 29.7 Å². The zero-order valence-corrected chi connectivity index (χ0v) is 15.9. The maximum absolute atomic E-state index is 14.2. The SMILES string of the molecule is CCCc1cc(C2COCCCN2c2cc(C)nc(N)n2)c(Cl)cc1F. The fourth-order valence-electron chi connectivity index (χ4n) is 3.36. The molecule has 2 N–H and O–H groups in total. The summed E-state index contributed by atoms with van der Waals surface area (Å²) in [7, 11) is 0. The first-order valence-corrected chi connectivity index (χ1v) is 9.30. The van der Waals surface area contributed by atoms with E-state index in [2.05, 4.69) is 14.9 Å². The molecule has 0 amide bonds. The number of hydrogen-bond donors (Lipinski definition) is 1. The van der Waals surface area contributed by atoms with E-state index in [0.717, 1.165) is 36.5 Å². The maximum atomic E-state index is 14.2. The molecule has 0 aliphatic carbocycles. The zero-order chi connectivity index (χ0) is 18.7. The minimum absolute atomic E-state index is 0.157. The minimum Gasteiger partial charge on any atom is -0.379 e. The van der Waals surface area contributed by atoms with Crippen LogP contribution in [0.5, 0.6) is 0 Å². The molecule has 3 rings (SSSR count). The Labute approximate surface area is 158 Å². The Hall–Kier alpha value is -1.92. The Morgan fingerprint density at radius 2 is 2.15 bits per heavy atom. The first-order chi connectivity index (χ1) is 12.5. The summed E-state index contributed by atoms with van der Waals surface area (Å²) in [5.41, 5.74) is 8.18. The van der Waals surface area contributed by atoms with Gasteiger partial charge in [-0.25, -0.2) is 9.37 Å². The van der Waals surface area contributed by atoms with Gasteiger partial charge < -0.3 is 15.4 Å². The Balaban J connectivity index is 2.06. The standard InChI is InChI=1S/C19H24ClFN4O/c1-3-5-13-9-14(15(20)10-16(13)21)17-11-26-7-4-6-25(17)18-8-12(2)23-19(22)24-18/h8-10,17H,3-7,11H2,1-2H3,(H2,22,23,24). The van der Waals surface area contributed by atoms with E-state index in [-0.39, 0.29) is 17.8 Å². The Morgan fingerprint density at radius 1 is 1.35 bits per heavy atom. The number of rotatable bonds is 4. The van der Waals surface area contributed by atoms with Gasteiger partial charge in [0.1, 0.15) is 11.6 Å². The van der Waals surface area contributed by atoms with Gasteiger partial charge in [0, 0.05) is 29.9 Å². The summed E-state index contributed by atoms with van der Waals surface area (Å²) in [6.45, 7) is 5.78. The zero-order valence-electron chi connectivity index (χ0n) is 15.1. The molecular formula is C19H24ClFN4O. The molecule has 26 heavy (non-hydrogen) atoms. The van der Waals surface area contributed by atoms with Crippen molar-refractivity contribution in [2.75, 3.05) is 30.4 Å². The van der Waals surface area contributed by atoms with E-state index in [1.165, 1.54) is 6.07 Å². The van der Waals surface area contributed by atoms with Crippen molar-refractivity contribution in [3.8, 4) is 0 Å². The number of ether oxygens (including phenoxy) is 1. The van der Waals surface area contributed by atoms with Crippen molar-refractivity contribution in [1.82, 2.24) is 9.97 Å². The van der Waals surface area contributed by atoms with Crippen LogP contribution in [0.3, 0.4) is 0 Å². The second-order valence-electron chi connectivity index (χ2n) is 6.58. The fourth-order valence-corrected chi connectivity index (χ4v) is 3.64. The fraction of sp³-hybridized carbons (Fsp3) is 0.474. The molecule has 0 radical (unpaired) electrons. The second kappa shape index (κ2) is 8.18. The molecule has 0 bridgehead atoms. The number of hydrogen-bond acceptors (Lipinski definition) is 5. The van der Waals surface area contributed by atoms with Gasteiger partial charge in [-0.05, 0) is 43.0 Å². The van der Waals surface area contributed by atoms with Crippen LogP contribution in [0.25, 0.3) is 0 Å². The van der Waals surface area contributed by atoms with Gasteiger partial charge in [0.15, 0.2) is 0 Å². The van der Waals surface area contributed by atoms with E-state index in [1.54, 1.807) is 0 Å². The molecule has 1 unspecified atom stereocenters. The molecule has 1 aromatic heterocycles. The van der Waals surface area contributed by atoms with Crippen LogP contribution in [0.2, 0.25) is 5.02 Å². The average molecular weight is 379 g/mol. The van der Waals surface area contributed by atoms with Gasteiger partial charge in [-0.15, -0.1) is 0 Å². The molecule has 2 heterocycles. The van der Waals surface area contributed by atoms with Gasteiger partial charge in [-0.1, -0.05) is 24.9 Å². The summed E-state index contributed by atoms with van der Waals surface area (Å²) in [5, 5.41) is 0.404. The van der Waals surface area contributed by atoms with Gasteiger partial charge in [0.05, 0.1) is 12.6 Å². The van der Waals surface area contributed by atoms with E-state index in [1.807, 2.05) is 26.0 Å². The summed E-state index contributed by atoms with van der Waals surface area (Å²) in [6, 6.07) is 5.02. The number of nitrogens with zero attached hydrogens (tertiary/aromatic N) is 3. The molecule has 1 saturated heterocycles. The molecule has 1 fully saturated rings. The lowest BCUT2D eigenvalue weighted by molar-refractivity contribution is 0.134. The highest BCUT2D eigenvalue weighted by Gasteiger charge is 2.27. The summed E-state index contributed by atoms with van der Waals surface area (Å²) in [4.78, 5) is 10.7. The van der Waals surface area contributed by atoms with Crippen molar-refractivity contribution in [2.45, 2.75) is 39.2 Å². The lowest BCUT2D eigenvalue weighted by Crippen LogP contribution is -2.32. The van der Waals surface area contributed by atoms with Gasteiger partial charge in [0.25, 0.3) is 0 Å². The summed E-state index contributed by atoms with van der Waals surface area (Å²) in [5.74, 6) is 0.715. The number of halogens is 2. The first kappa shape index (κ1) is 18.9. The van der Waals surface area contributed by atoms with Gasteiger partial charge in [-0.2, -0.15) is 4.98 Å². The van der Waals surface area contributed by atoms with Gasteiger partial charge in [0.2, 0.25) is 5.95 Å². The largest absolute Gasteiger partial charge is 0.379 e. The van der Waals surface area contributed by atoms with Crippen LogP contribution in [0.1, 0.15) is 42.6 Å². The van der Waals surface area contributed by atoms with Gasteiger partial charge >= 0.3 is 0 Å². The molecule has 0 saturated carbocycles. The second-order valence-corrected chi connectivity index (χ2v) is 6.99. The first-order valence-electron chi connectivity index (χ1n) is 8.93. The van der Waals surface area contributed by atoms with Crippen molar-refractivity contribution in [1.29, 1.82) is 0 Å². The molecule has 140 valence electrons. The lowest BCUT2D eigenvalue weighted by atomic mass is 10.00. The summed E-state index contributed by atoms with van der Waals surface area (Å²) < 4.78 is 20.0. The molecule has 1 aliphatic heterocycles. The third-order valence-corrected chi connectivity index (χ3v) is 4.86. The molecule has 1 aliphatic rings. The van der Waals surface area contributed by atoms with Crippen LogP contribution in [0.4, 0.5) is 16.2 Å². The van der Waals surface area contributed by atoms with Crippen molar-refractivity contribution in [3.05, 3.63) is 45.9 Å². The quantitative estimate of drug-likeness (QED) is 0.868. The van der Waals surface area contributed by atoms with Crippen molar-refractivity contribution >= 4 is 23.4 Å². The van der Waals surface area contributed by atoms with Crippen LogP contribution < -0.4 is 10.6 Å². The van der Waals surface area contributed by atoms with Gasteiger partial charge in [-0.3, -0.25) is 0 Å². The normalized spacial score (nSPS) is 18.0. The third kappa shape index (κ3) is 4.07. The Morgan fingerprint density at radius 3 is 2.88 bits per heavy atom. The van der Waals surface area contributed by atoms with E-state index in [0.29, 0.717) is 30.2 Å². The van der Waals surface area contributed by atoms with Crippen LogP contribution in [0, 0.1) is 12.7 Å². The van der Waals surface area contributed by atoms with Crippen LogP contribution >= 0.6 is 11.6 Å². The van der Waals surface area contributed by atoms with Crippen molar-refractivity contribution in [3.63, 3.8) is 0 Å². The van der Waals surface area contributed by atoms with E-state index < -0.39 is 0 Å². The predicted octanol–water partition coefficient (Wildman–Crippen LogP) is 4.08. The number of nitrogen functional groups attached to an aromatic ring is 1. The molecular weight excluding hydrogens is 355 g/mol. The molecule has 0 spiro atoms. The number of anilines is 2. The smallest absolute Gasteiger partial charge is 0.222 e. The summed E-state index contributed by atoms with van der Waals surface area (Å²) >= 11 is 6.42. The van der Waals surface area contributed by atoms with Crippen LogP contribution in [-0.2, 0) is 11.2 Å². The highest BCUT2D eigenvalue weighted by Crippen LogP contribution is 2.34. The van der Waals surface area contributed by atoms with Crippen molar-refractivity contribution < 1.29 is 9.13 Å². The predicted molar refractivity (Wildman–Crippen MR) is 102 cm³/mol. The number of aryl methyl sites for hydroxylation is 2. The average Bonchev–Trinajstić information content (AvgIpc) is 2.82. The number of nitrogens with two attached hydrogens (primary N) is 1. The topological polar surface area (TPSA) is 64.3 Å². The van der Waals surface area contributed by atoms with E-state index in [9.17, 15) is 4.39 Å².